The highest BCUT2D eigenvalue weighted by molar-refractivity contribution is 8.18. The fourth-order valence-corrected chi connectivity index (χ4v) is 4.25. The first-order valence-electron chi connectivity index (χ1n) is 9.77. The van der Waals surface area contributed by atoms with E-state index in [1.807, 2.05) is 79.7 Å². The first-order chi connectivity index (χ1) is 15.0. The van der Waals surface area contributed by atoms with Crippen molar-refractivity contribution in [3.63, 3.8) is 0 Å². The molecule has 0 aliphatic carbocycles. The molecule has 4 nitrogen and oxygen atoms in total. The molecule has 156 valence electrons. The largest absolute Gasteiger partial charge is 0.489 e. The minimum Gasteiger partial charge on any atom is -0.489 e. The first-order valence-corrected chi connectivity index (χ1v) is 11.0. The van der Waals surface area contributed by atoms with Crippen LogP contribution in [0.1, 0.15) is 22.3 Å². The van der Waals surface area contributed by atoms with E-state index in [0.29, 0.717) is 22.3 Å². The lowest BCUT2D eigenvalue weighted by atomic mass is 10.1. The fourth-order valence-electron chi connectivity index (χ4n) is 3.22. The SMILES string of the molecule is Cc1cccc(CN2C(=O)S/C(=C\c3ccc(OCc4ccccc4Cl)cc3)C2=O)c1. The van der Waals surface area contributed by atoms with Crippen LogP contribution in [0, 0.1) is 6.92 Å². The molecule has 0 saturated carbocycles. The topological polar surface area (TPSA) is 46.6 Å². The fraction of sp³-hybridized carbons (Fsp3) is 0.120. The Labute approximate surface area is 190 Å². The molecular formula is C25H20ClNO3S. The Bertz CT molecular complexity index is 1160. The van der Waals surface area contributed by atoms with Gasteiger partial charge >= 0.3 is 0 Å². The molecule has 0 spiro atoms. The molecule has 1 saturated heterocycles. The van der Waals surface area contributed by atoms with Gasteiger partial charge in [0.25, 0.3) is 11.1 Å². The summed E-state index contributed by atoms with van der Waals surface area (Å²) in [4.78, 5) is 26.8. The third-order valence-corrected chi connectivity index (χ3v) is 6.10. The van der Waals surface area contributed by atoms with Crippen LogP contribution in [0.15, 0.2) is 77.7 Å². The monoisotopic (exact) mass is 449 g/mol. The van der Waals surface area contributed by atoms with Crippen molar-refractivity contribution in [2.24, 2.45) is 0 Å². The van der Waals surface area contributed by atoms with Crippen LogP contribution in [0.4, 0.5) is 4.79 Å². The maximum atomic E-state index is 12.7. The van der Waals surface area contributed by atoms with E-state index in [0.717, 1.165) is 34.0 Å². The van der Waals surface area contributed by atoms with Crippen LogP contribution in [0.25, 0.3) is 6.08 Å². The van der Waals surface area contributed by atoms with Crippen LogP contribution in [0.2, 0.25) is 5.02 Å². The van der Waals surface area contributed by atoms with Crippen molar-refractivity contribution in [1.82, 2.24) is 4.90 Å². The minimum absolute atomic E-state index is 0.252. The number of rotatable bonds is 6. The molecule has 1 aliphatic rings. The molecule has 0 bridgehead atoms. The van der Waals surface area contributed by atoms with Crippen molar-refractivity contribution in [1.29, 1.82) is 0 Å². The summed E-state index contributed by atoms with van der Waals surface area (Å²) in [7, 11) is 0. The maximum absolute atomic E-state index is 12.7. The number of halogens is 1. The molecule has 2 amide bonds. The van der Waals surface area contributed by atoms with E-state index in [1.54, 1.807) is 6.08 Å². The summed E-state index contributed by atoms with van der Waals surface area (Å²) >= 11 is 7.12. The molecule has 0 atom stereocenters. The van der Waals surface area contributed by atoms with E-state index < -0.39 is 0 Å². The Hall–Kier alpha value is -3.02. The first kappa shape index (κ1) is 21.2. The summed E-state index contributed by atoms with van der Waals surface area (Å²) in [6.45, 7) is 2.63. The van der Waals surface area contributed by atoms with Gasteiger partial charge in [0.1, 0.15) is 12.4 Å². The normalized spacial score (nSPS) is 15.0. The standard InChI is InChI=1S/C25H20ClNO3S/c1-17-5-4-6-19(13-17)15-27-24(28)23(31-25(27)29)14-18-9-11-21(12-10-18)30-16-20-7-2-3-8-22(20)26/h2-14H,15-16H2,1H3/b23-14-. The number of amides is 2. The lowest BCUT2D eigenvalue weighted by molar-refractivity contribution is -0.123. The molecule has 0 aromatic heterocycles. The average molecular weight is 450 g/mol. The molecule has 1 aliphatic heterocycles. The smallest absolute Gasteiger partial charge is 0.293 e. The zero-order valence-electron chi connectivity index (χ0n) is 16.9. The van der Waals surface area contributed by atoms with E-state index in [1.165, 1.54) is 4.90 Å². The second-order valence-corrected chi connectivity index (χ2v) is 8.61. The van der Waals surface area contributed by atoms with Gasteiger partial charge < -0.3 is 4.74 Å². The van der Waals surface area contributed by atoms with Gasteiger partial charge in [-0.15, -0.1) is 0 Å². The van der Waals surface area contributed by atoms with Crippen molar-refractivity contribution in [2.45, 2.75) is 20.1 Å². The van der Waals surface area contributed by atoms with Gasteiger partial charge in [-0.2, -0.15) is 0 Å². The summed E-state index contributed by atoms with van der Waals surface area (Å²) in [5.74, 6) is 0.431. The van der Waals surface area contributed by atoms with Crippen LogP contribution in [-0.4, -0.2) is 16.0 Å². The second kappa shape index (κ2) is 9.41. The number of thioether (sulfide) groups is 1. The predicted molar refractivity (Wildman–Crippen MR) is 125 cm³/mol. The lowest BCUT2D eigenvalue weighted by Gasteiger charge is -2.12. The van der Waals surface area contributed by atoms with Gasteiger partial charge in [-0.1, -0.05) is 71.8 Å². The van der Waals surface area contributed by atoms with Crippen molar-refractivity contribution < 1.29 is 14.3 Å². The Morgan fingerprint density at radius 2 is 1.77 bits per heavy atom. The minimum atomic E-state index is -0.268. The highest BCUT2D eigenvalue weighted by Crippen LogP contribution is 2.33. The lowest BCUT2D eigenvalue weighted by Crippen LogP contribution is -2.27. The third kappa shape index (κ3) is 5.19. The number of carbonyl (C=O) groups is 2. The molecular weight excluding hydrogens is 430 g/mol. The average Bonchev–Trinajstić information content (AvgIpc) is 3.02. The van der Waals surface area contributed by atoms with Gasteiger partial charge in [0.2, 0.25) is 0 Å². The molecule has 6 heteroatoms. The van der Waals surface area contributed by atoms with E-state index in [-0.39, 0.29) is 17.7 Å². The van der Waals surface area contributed by atoms with Crippen LogP contribution < -0.4 is 4.74 Å². The summed E-state index contributed by atoms with van der Waals surface area (Å²) in [5.41, 5.74) is 3.77. The Morgan fingerprint density at radius 1 is 1.00 bits per heavy atom. The number of imide groups is 1. The molecule has 4 rings (SSSR count). The van der Waals surface area contributed by atoms with Crippen LogP contribution in [0.5, 0.6) is 5.75 Å². The molecule has 3 aromatic rings. The molecule has 0 radical (unpaired) electrons. The van der Waals surface area contributed by atoms with Gasteiger partial charge in [0.05, 0.1) is 11.4 Å². The molecule has 1 fully saturated rings. The summed E-state index contributed by atoms with van der Waals surface area (Å²) < 4.78 is 5.79. The van der Waals surface area contributed by atoms with Gasteiger partial charge in [0.15, 0.2) is 0 Å². The highest BCUT2D eigenvalue weighted by Gasteiger charge is 2.34. The maximum Gasteiger partial charge on any atom is 0.293 e. The summed E-state index contributed by atoms with van der Waals surface area (Å²) in [6.07, 6.45) is 1.74. The van der Waals surface area contributed by atoms with E-state index >= 15 is 0 Å². The molecule has 1 heterocycles. The van der Waals surface area contributed by atoms with E-state index in [4.69, 9.17) is 16.3 Å². The predicted octanol–water partition coefficient (Wildman–Crippen LogP) is 6.46. The Morgan fingerprint density at radius 3 is 2.52 bits per heavy atom. The summed E-state index contributed by atoms with van der Waals surface area (Å²) in [5, 5.41) is 0.415. The molecule has 0 N–H and O–H groups in total. The van der Waals surface area contributed by atoms with Gasteiger partial charge in [-0.05, 0) is 54.1 Å². The van der Waals surface area contributed by atoms with Crippen LogP contribution >= 0.6 is 23.4 Å². The number of carbonyl (C=O) groups excluding carboxylic acids is 2. The number of nitrogens with zero attached hydrogens (tertiary/aromatic N) is 1. The van der Waals surface area contributed by atoms with Crippen LogP contribution in [0.3, 0.4) is 0 Å². The van der Waals surface area contributed by atoms with Crippen LogP contribution in [-0.2, 0) is 17.9 Å². The number of benzene rings is 3. The summed E-state index contributed by atoms with van der Waals surface area (Å²) in [6, 6.07) is 22.7. The van der Waals surface area contributed by atoms with E-state index in [9.17, 15) is 9.59 Å². The van der Waals surface area contributed by atoms with Crippen molar-refractivity contribution in [3.05, 3.63) is 105 Å². The number of aryl methyl sites for hydroxylation is 1. The quantitative estimate of drug-likeness (QED) is 0.405. The van der Waals surface area contributed by atoms with Crippen molar-refractivity contribution in [2.75, 3.05) is 0 Å². The zero-order valence-corrected chi connectivity index (χ0v) is 18.5. The number of ether oxygens (including phenoxy) is 1. The number of hydrogen-bond donors (Lipinski definition) is 0. The van der Waals surface area contributed by atoms with Crippen molar-refractivity contribution >= 4 is 40.6 Å². The number of hydrogen-bond acceptors (Lipinski definition) is 4. The molecule has 3 aromatic carbocycles. The van der Waals surface area contributed by atoms with Crippen molar-refractivity contribution in [3.8, 4) is 5.75 Å². The molecule has 31 heavy (non-hydrogen) atoms. The Kier molecular flexibility index (Phi) is 6.44. The highest BCUT2D eigenvalue weighted by atomic mass is 35.5. The van der Waals surface area contributed by atoms with Gasteiger partial charge in [0, 0.05) is 10.6 Å². The van der Waals surface area contributed by atoms with Gasteiger partial charge in [-0.3, -0.25) is 14.5 Å². The van der Waals surface area contributed by atoms with Gasteiger partial charge in [-0.25, -0.2) is 0 Å². The third-order valence-electron chi connectivity index (χ3n) is 4.83. The molecule has 0 unspecified atom stereocenters. The van der Waals surface area contributed by atoms with E-state index in [2.05, 4.69) is 0 Å². The zero-order chi connectivity index (χ0) is 21.8. The second-order valence-electron chi connectivity index (χ2n) is 7.21. The Balaban J connectivity index is 1.42.